The van der Waals surface area contributed by atoms with Crippen LogP contribution < -0.4 is 5.73 Å². The molecule has 0 spiro atoms. The molecule has 0 fully saturated rings. The maximum absolute atomic E-state index is 11.3. The zero-order valence-electron chi connectivity index (χ0n) is 9.25. The molecule has 0 rings (SSSR count). The van der Waals surface area contributed by atoms with Gasteiger partial charge in [-0.3, -0.25) is 0 Å². The summed E-state index contributed by atoms with van der Waals surface area (Å²) in [7, 11) is 0. The summed E-state index contributed by atoms with van der Waals surface area (Å²) in [4.78, 5) is 13.3. The van der Waals surface area contributed by atoms with Crippen molar-refractivity contribution in [3.8, 4) is 0 Å². The van der Waals surface area contributed by atoms with Crippen LogP contribution in [-0.4, -0.2) is 37.1 Å². The van der Waals surface area contributed by atoms with Gasteiger partial charge in [0.1, 0.15) is 6.61 Å². The van der Waals surface area contributed by atoms with Crippen molar-refractivity contribution in [2.24, 2.45) is 5.73 Å². The van der Waals surface area contributed by atoms with Crippen LogP contribution in [0, 0.1) is 0 Å². The average molecular weight is 200 g/mol. The molecule has 0 aromatic heterocycles. The predicted molar refractivity (Wildman–Crippen MR) is 56.7 cm³/mol. The van der Waals surface area contributed by atoms with E-state index >= 15 is 0 Å². The summed E-state index contributed by atoms with van der Waals surface area (Å²) < 4.78 is 4.88. The standard InChI is InChI=1S/C10H20N2O2/c1-4-12(5-2)8-9(3)10(13)14-7-6-11/h8H,4-7,11H2,1-3H3. The third-order valence-electron chi connectivity index (χ3n) is 1.86. The van der Waals surface area contributed by atoms with Gasteiger partial charge in [0.05, 0.1) is 0 Å². The van der Waals surface area contributed by atoms with Crippen molar-refractivity contribution in [2.45, 2.75) is 20.8 Å². The number of esters is 1. The topological polar surface area (TPSA) is 55.6 Å². The fourth-order valence-corrected chi connectivity index (χ4v) is 0.998. The summed E-state index contributed by atoms with van der Waals surface area (Å²) in [6.45, 7) is 8.25. The van der Waals surface area contributed by atoms with Crippen molar-refractivity contribution in [2.75, 3.05) is 26.2 Å². The van der Waals surface area contributed by atoms with Gasteiger partial charge in [-0.25, -0.2) is 4.79 Å². The molecule has 4 nitrogen and oxygen atoms in total. The number of carbonyl (C=O) groups is 1. The molecule has 0 aromatic carbocycles. The van der Waals surface area contributed by atoms with E-state index in [-0.39, 0.29) is 12.6 Å². The van der Waals surface area contributed by atoms with Gasteiger partial charge in [0, 0.05) is 31.4 Å². The normalized spacial score (nSPS) is 11.3. The highest BCUT2D eigenvalue weighted by Crippen LogP contribution is 1.99. The zero-order chi connectivity index (χ0) is 11.0. The van der Waals surface area contributed by atoms with Gasteiger partial charge in [-0.05, 0) is 20.8 Å². The molecule has 0 unspecified atom stereocenters. The largest absolute Gasteiger partial charge is 0.461 e. The van der Waals surface area contributed by atoms with Crippen LogP contribution in [0.5, 0.6) is 0 Å². The third kappa shape index (κ3) is 4.87. The van der Waals surface area contributed by atoms with E-state index < -0.39 is 0 Å². The first-order chi connectivity index (χ1) is 6.65. The third-order valence-corrected chi connectivity index (χ3v) is 1.86. The average Bonchev–Trinajstić information content (AvgIpc) is 2.21. The van der Waals surface area contributed by atoms with E-state index in [1.807, 2.05) is 24.9 Å². The second-order valence-electron chi connectivity index (χ2n) is 2.96. The Labute approximate surface area is 85.7 Å². The Morgan fingerprint density at radius 1 is 1.43 bits per heavy atom. The molecule has 14 heavy (non-hydrogen) atoms. The second kappa shape index (κ2) is 7.38. The highest BCUT2D eigenvalue weighted by atomic mass is 16.5. The van der Waals surface area contributed by atoms with E-state index in [0.717, 1.165) is 13.1 Å². The summed E-state index contributed by atoms with van der Waals surface area (Å²) in [5.41, 5.74) is 5.84. The maximum atomic E-state index is 11.3. The molecule has 0 heterocycles. The molecule has 0 radical (unpaired) electrons. The molecule has 0 bridgehead atoms. The maximum Gasteiger partial charge on any atom is 0.335 e. The Morgan fingerprint density at radius 3 is 2.43 bits per heavy atom. The van der Waals surface area contributed by atoms with Gasteiger partial charge < -0.3 is 15.4 Å². The monoisotopic (exact) mass is 200 g/mol. The SMILES string of the molecule is CCN(C=C(C)C(=O)OCCN)CC. The van der Waals surface area contributed by atoms with Crippen LogP contribution in [0.1, 0.15) is 20.8 Å². The Bertz CT molecular complexity index is 198. The molecule has 0 saturated heterocycles. The second-order valence-corrected chi connectivity index (χ2v) is 2.96. The van der Waals surface area contributed by atoms with E-state index in [0.29, 0.717) is 12.1 Å². The highest BCUT2D eigenvalue weighted by Gasteiger charge is 2.05. The van der Waals surface area contributed by atoms with Crippen molar-refractivity contribution >= 4 is 5.97 Å². The lowest BCUT2D eigenvalue weighted by Gasteiger charge is -2.16. The Kier molecular flexibility index (Phi) is 6.84. The first-order valence-corrected chi connectivity index (χ1v) is 4.95. The molecule has 0 aromatic rings. The molecule has 2 N–H and O–H groups in total. The molecule has 0 aliphatic carbocycles. The van der Waals surface area contributed by atoms with Gasteiger partial charge in [-0.1, -0.05) is 0 Å². The van der Waals surface area contributed by atoms with Crippen LogP contribution in [0.25, 0.3) is 0 Å². The summed E-state index contributed by atoms with van der Waals surface area (Å²) in [5.74, 6) is -0.289. The van der Waals surface area contributed by atoms with Crippen molar-refractivity contribution < 1.29 is 9.53 Å². The Hall–Kier alpha value is -1.03. The number of nitrogens with zero attached hydrogens (tertiary/aromatic N) is 1. The summed E-state index contributed by atoms with van der Waals surface area (Å²) in [5, 5.41) is 0. The van der Waals surface area contributed by atoms with Gasteiger partial charge in [0.2, 0.25) is 0 Å². The van der Waals surface area contributed by atoms with Crippen LogP contribution in [0.4, 0.5) is 0 Å². The van der Waals surface area contributed by atoms with Crippen molar-refractivity contribution in [3.63, 3.8) is 0 Å². The van der Waals surface area contributed by atoms with E-state index in [9.17, 15) is 4.79 Å². The zero-order valence-corrected chi connectivity index (χ0v) is 9.25. The number of hydrogen-bond donors (Lipinski definition) is 1. The van der Waals surface area contributed by atoms with Crippen molar-refractivity contribution in [3.05, 3.63) is 11.8 Å². The van der Waals surface area contributed by atoms with E-state index in [1.165, 1.54) is 0 Å². The van der Waals surface area contributed by atoms with Gasteiger partial charge >= 0.3 is 5.97 Å². The molecule has 4 heteroatoms. The molecular formula is C10H20N2O2. The lowest BCUT2D eigenvalue weighted by molar-refractivity contribution is -0.138. The van der Waals surface area contributed by atoms with Crippen LogP contribution >= 0.6 is 0 Å². The quantitative estimate of drug-likeness (QED) is 0.507. The van der Waals surface area contributed by atoms with E-state index in [4.69, 9.17) is 10.5 Å². The van der Waals surface area contributed by atoms with Crippen LogP contribution in [-0.2, 0) is 9.53 Å². The number of rotatable bonds is 6. The molecule has 82 valence electrons. The number of carbonyl (C=O) groups excluding carboxylic acids is 1. The number of ether oxygens (including phenoxy) is 1. The lowest BCUT2D eigenvalue weighted by atomic mass is 10.3. The molecule has 0 aliphatic rings. The van der Waals surface area contributed by atoms with Gasteiger partial charge in [0.15, 0.2) is 0 Å². The first-order valence-electron chi connectivity index (χ1n) is 4.95. The fraction of sp³-hybridized carbons (Fsp3) is 0.700. The minimum absolute atomic E-state index is 0.280. The summed E-state index contributed by atoms with van der Waals surface area (Å²) in [6.07, 6.45) is 1.82. The van der Waals surface area contributed by atoms with Gasteiger partial charge in [0.25, 0.3) is 0 Å². The molecule has 0 amide bonds. The smallest absolute Gasteiger partial charge is 0.335 e. The van der Waals surface area contributed by atoms with E-state index in [1.54, 1.807) is 6.92 Å². The Balaban J connectivity index is 4.13. The Morgan fingerprint density at radius 2 is 2.00 bits per heavy atom. The van der Waals surface area contributed by atoms with Crippen molar-refractivity contribution in [1.82, 2.24) is 4.90 Å². The molecule has 0 aliphatic heterocycles. The van der Waals surface area contributed by atoms with Crippen LogP contribution in [0.2, 0.25) is 0 Å². The number of nitrogens with two attached hydrogens (primary N) is 1. The minimum Gasteiger partial charge on any atom is -0.461 e. The minimum atomic E-state index is -0.289. The molecule has 0 saturated carbocycles. The molecular weight excluding hydrogens is 180 g/mol. The van der Waals surface area contributed by atoms with E-state index in [2.05, 4.69) is 0 Å². The van der Waals surface area contributed by atoms with Gasteiger partial charge in [-0.2, -0.15) is 0 Å². The van der Waals surface area contributed by atoms with Crippen molar-refractivity contribution in [1.29, 1.82) is 0 Å². The van der Waals surface area contributed by atoms with Crippen LogP contribution in [0.15, 0.2) is 11.8 Å². The number of hydrogen-bond acceptors (Lipinski definition) is 4. The lowest BCUT2D eigenvalue weighted by Crippen LogP contribution is -2.19. The first kappa shape index (κ1) is 13.0. The fourth-order valence-electron chi connectivity index (χ4n) is 0.998. The highest BCUT2D eigenvalue weighted by molar-refractivity contribution is 5.87. The summed E-state index contributed by atoms with van der Waals surface area (Å²) >= 11 is 0. The predicted octanol–water partition coefficient (Wildman–Crippen LogP) is 0.734. The molecule has 0 atom stereocenters. The van der Waals surface area contributed by atoms with Gasteiger partial charge in [-0.15, -0.1) is 0 Å². The summed E-state index contributed by atoms with van der Waals surface area (Å²) in [6, 6.07) is 0. The van der Waals surface area contributed by atoms with Crippen LogP contribution in [0.3, 0.4) is 0 Å².